The predicted octanol–water partition coefficient (Wildman–Crippen LogP) is 11.8. The van der Waals surface area contributed by atoms with Gasteiger partial charge in [-0.05, 0) is 89.0 Å². The maximum atomic E-state index is 6.34. The summed E-state index contributed by atoms with van der Waals surface area (Å²) in [5.41, 5.74) is 12.3. The highest BCUT2D eigenvalue weighted by Gasteiger charge is 2.18. The second-order valence-electron chi connectivity index (χ2n) is 12.0. The van der Waals surface area contributed by atoms with Crippen LogP contribution in [0, 0.1) is 0 Å². The van der Waals surface area contributed by atoms with Crippen LogP contribution in [-0.2, 0) is 0 Å². The van der Waals surface area contributed by atoms with Gasteiger partial charge in [0.25, 0.3) is 0 Å². The number of fused-ring (bicyclic) bond motifs is 8. The number of nitrogens with zero attached hydrogens (tertiary/aromatic N) is 2. The summed E-state index contributed by atoms with van der Waals surface area (Å²) in [6, 6.07) is 55.1. The Kier molecular flexibility index (Phi) is 5.54. The summed E-state index contributed by atoms with van der Waals surface area (Å²) in [6.45, 7) is 0. The minimum atomic E-state index is 0.592. The van der Waals surface area contributed by atoms with E-state index in [1.165, 1.54) is 27.4 Å². The zero-order chi connectivity index (χ0) is 30.9. The largest absolute Gasteiger partial charge is 0.456 e. The van der Waals surface area contributed by atoms with Crippen LogP contribution in [0.1, 0.15) is 0 Å². The number of hydrogen-bond acceptors (Lipinski definition) is 3. The summed E-state index contributed by atoms with van der Waals surface area (Å²) < 4.78 is 14.9. The van der Waals surface area contributed by atoms with Crippen molar-refractivity contribution < 1.29 is 8.83 Å². The molecule has 4 heteroatoms. The second kappa shape index (κ2) is 10.1. The van der Waals surface area contributed by atoms with Gasteiger partial charge in [0.15, 0.2) is 5.58 Å². The third kappa shape index (κ3) is 4.05. The molecule has 3 heterocycles. The molecule has 0 fully saturated rings. The number of para-hydroxylation sites is 2. The number of oxazole rings is 1. The van der Waals surface area contributed by atoms with E-state index < -0.39 is 0 Å². The summed E-state index contributed by atoms with van der Waals surface area (Å²) in [6.07, 6.45) is 0. The summed E-state index contributed by atoms with van der Waals surface area (Å²) in [4.78, 5) is 5.02. The minimum Gasteiger partial charge on any atom is -0.456 e. The normalized spacial score (nSPS) is 11.8. The molecule has 0 spiro atoms. The van der Waals surface area contributed by atoms with Crippen molar-refractivity contribution in [2.75, 3.05) is 0 Å². The molecular weight excluding hydrogens is 576 g/mol. The molecule has 47 heavy (non-hydrogen) atoms. The first-order valence-corrected chi connectivity index (χ1v) is 15.8. The van der Waals surface area contributed by atoms with Gasteiger partial charge in [-0.2, -0.15) is 0 Å². The monoisotopic (exact) mass is 602 g/mol. The van der Waals surface area contributed by atoms with E-state index in [1.54, 1.807) is 0 Å². The van der Waals surface area contributed by atoms with Crippen LogP contribution >= 0.6 is 0 Å². The maximum Gasteiger partial charge on any atom is 0.227 e. The number of benzene rings is 7. The average molecular weight is 603 g/mol. The fraction of sp³-hybridized carbons (Fsp3) is 0. The third-order valence-electron chi connectivity index (χ3n) is 9.25. The molecule has 220 valence electrons. The maximum absolute atomic E-state index is 6.34. The smallest absolute Gasteiger partial charge is 0.227 e. The van der Waals surface area contributed by atoms with Crippen LogP contribution in [0.5, 0.6) is 0 Å². The molecule has 3 aromatic heterocycles. The molecule has 0 atom stereocenters. The van der Waals surface area contributed by atoms with Gasteiger partial charge in [0, 0.05) is 27.4 Å². The van der Waals surface area contributed by atoms with Crippen LogP contribution in [0.2, 0.25) is 0 Å². The van der Waals surface area contributed by atoms with Crippen molar-refractivity contribution >= 4 is 54.8 Å². The Balaban J connectivity index is 1.05. The van der Waals surface area contributed by atoms with E-state index in [0.29, 0.717) is 5.89 Å². The van der Waals surface area contributed by atoms with E-state index in [9.17, 15) is 0 Å². The lowest BCUT2D eigenvalue weighted by Crippen LogP contribution is -1.92. The van der Waals surface area contributed by atoms with Crippen molar-refractivity contribution in [3.05, 3.63) is 158 Å². The lowest BCUT2D eigenvalue weighted by Gasteiger charge is -2.08. The first-order chi connectivity index (χ1) is 23.3. The summed E-state index contributed by atoms with van der Waals surface area (Å²) in [5.74, 6) is 0.592. The topological polar surface area (TPSA) is 44.1 Å². The molecule has 0 amide bonds. The van der Waals surface area contributed by atoms with E-state index in [1.807, 2.05) is 24.3 Å². The molecule has 7 aromatic carbocycles. The summed E-state index contributed by atoms with van der Waals surface area (Å²) in [7, 11) is 0. The molecule has 0 bridgehead atoms. The molecule has 0 saturated heterocycles. The van der Waals surface area contributed by atoms with Gasteiger partial charge in [0.1, 0.15) is 16.7 Å². The van der Waals surface area contributed by atoms with Crippen molar-refractivity contribution in [2.45, 2.75) is 0 Å². The van der Waals surface area contributed by atoms with Gasteiger partial charge in [-0.3, -0.25) is 0 Å². The van der Waals surface area contributed by atoms with Gasteiger partial charge in [0.05, 0.1) is 16.4 Å². The van der Waals surface area contributed by atoms with Crippen LogP contribution in [0.25, 0.3) is 94.2 Å². The Morgan fingerprint density at radius 3 is 1.83 bits per heavy atom. The Bertz CT molecular complexity index is 2770. The van der Waals surface area contributed by atoms with Gasteiger partial charge in [-0.1, -0.05) is 91.0 Å². The fourth-order valence-electron chi connectivity index (χ4n) is 7.00. The third-order valence-corrected chi connectivity index (χ3v) is 9.25. The van der Waals surface area contributed by atoms with E-state index in [-0.39, 0.29) is 0 Å². The summed E-state index contributed by atoms with van der Waals surface area (Å²) in [5, 5.41) is 4.48. The standard InChI is InChI=1S/C43H26N2O2/c1-3-9-27(10-4-1)31-20-22-38-35(26-31)41-39(46-38)23-24-40-42(41)44-43(47-40)29-17-15-28(16-18-29)30-19-21-37-34(25-30)33-13-7-8-14-36(33)45(37)32-11-5-2-6-12-32/h1-26H. The Morgan fingerprint density at radius 1 is 0.404 bits per heavy atom. The Hall–Kier alpha value is -6.39. The highest BCUT2D eigenvalue weighted by atomic mass is 16.4. The van der Waals surface area contributed by atoms with Crippen LogP contribution in [0.15, 0.2) is 167 Å². The molecule has 0 unspecified atom stereocenters. The lowest BCUT2D eigenvalue weighted by molar-refractivity contribution is 0.619. The zero-order valence-corrected chi connectivity index (χ0v) is 25.2. The molecule has 0 saturated carbocycles. The summed E-state index contributed by atoms with van der Waals surface area (Å²) >= 11 is 0. The number of hydrogen-bond donors (Lipinski definition) is 0. The molecule has 0 aliphatic rings. The van der Waals surface area contributed by atoms with Crippen LogP contribution in [0.4, 0.5) is 0 Å². The molecule has 10 rings (SSSR count). The highest BCUT2D eigenvalue weighted by molar-refractivity contribution is 6.17. The van der Waals surface area contributed by atoms with E-state index >= 15 is 0 Å². The van der Waals surface area contributed by atoms with Crippen molar-refractivity contribution in [2.24, 2.45) is 0 Å². The average Bonchev–Trinajstić information content (AvgIpc) is 3.83. The highest BCUT2D eigenvalue weighted by Crippen LogP contribution is 2.39. The van der Waals surface area contributed by atoms with Crippen molar-refractivity contribution in [1.29, 1.82) is 0 Å². The molecule has 4 nitrogen and oxygen atoms in total. The van der Waals surface area contributed by atoms with Gasteiger partial charge in [-0.15, -0.1) is 0 Å². The van der Waals surface area contributed by atoms with Crippen LogP contribution in [0.3, 0.4) is 0 Å². The molecular formula is C43H26N2O2. The van der Waals surface area contributed by atoms with E-state index in [0.717, 1.165) is 61.0 Å². The van der Waals surface area contributed by atoms with Gasteiger partial charge in [0.2, 0.25) is 5.89 Å². The van der Waals surface area contributed by atoms with Crippen molar-refractivity contribution in [3.63, 3.8) is 0 Å². The quantitative estimate of drug-likeness (QED) is 0.201. The molecule has 0 N–H and O–H groups in total. The first kappa shape index (κ1) is 25.9. The SMILES string of the molecule is c1ccc(-c2ccc3oc4ccc5oc(-c6ccc(-c7ccc8c(c7)c7ccccc7n8-c7ccccc7)cc6)nc5c4c3c2)cc1. The van der Waals surface area contributed by atoms with Crippen LogP contribution < -0.4 is 0 Å². The Labute approximate surface area is 269 Å². The Morgan fingerprint density at radius 2 is 1.00 bits per heavy atom. The zero-order valence-electron chi connectivity index (χ0n) is 25.2. The van der Waals surface area contributed by atoms with E-state index in [4.69, 9.17) is 13.8 Å². The predicted molar refractivity (Wildman–Crippen MR) is 192 cm³/mol. The molecule has 0 aliphatic carbocycles. The first-order valence-electron chi connectivity index (χ1n) is 15.8. The number of rotatable bonds is 4. The number of aromatic nitrogens is 2. The fourth-order valence-corrected chi connectivity index (χ4v) is 7.00. The van der Waals surface area contributed by atoms with Gasteiger partial charge >= 0.3 is 0 Å². The van der Waals surface area contributed by atoms with Crippen molar-refractivity contribution in [3.8, 4) is 39.4 Å². The van der Waals surface area contributed by atoms with E-state index in [2.05, 4.69) is 138 Å². The molecule has 10 aromatic rings. The van der Waals surface area contributed by atoms with Gasteiger partial charge in [-0.25, -0.2) is 4.98 Å². The minimum absolute atomic E-state index is 0.592. The molecule has 0 aliphatic heterocycles. The second-order valence-corrected chi connectivity index (χ2v) is 12.0. The van der Waals surface area contributed by atoms with Crippen LogP contribution in [-0.4, -0.2) is 9.55 Å². The number of furan rings is 1. The molecule has 0 radical (unpaired) electrons. The van der Waals surface area contributed by atoms with Gasteiger partial charge < -0.3 is 13.4 Å². The van der Waals surface area contributed by atoms with Crippen molar-refractivity contribution in [1.82, 2.24) is 9.55 Å². The lowest BCUT2D eigenvalue weighted by atomic mass is 10.0.